The second kappa shape index (κ2) is 7.67. The summed E-state index contributed by atoms with van der Waals surface area (Å²) in [5, 5.41) is 0. The average Bonchev–Trinajstić information content (AvgIpc) is 3.10. The third-order valence-corrected chi connectivity index (χ3v) is 4.46. The summed E-state index contributed by atoms with van der Waals surface area (Å²) in [6.07, 6.45) is 5.84. The van der Waals surface area contributed by atoms with Crippen LogP contribution in [0.2, 0.25) is 0 Å². The summed E-state index contributed by atoms with van der Waals surface area (Å²) >= 11 is 0. The number of H-pyrrole nitrogens is 1. The quantitative estimate of drug-likeness (QED) is 0.904. The van der Waals surface area contributed by atoms with Crippen LogP contribution in [0, 0.1) is 5.92 Å². The van der Waals surface area contributed by atoms with Crippen LogP contribution in [-0.4, -0.2) is 41.6 Å². The smallest absolute Gasteiger partial charge is 0.256 e. The van der Waals surface area contributed by atoms with E-state index in [-0.39, 0.29) is 12.0 Å². The van der Waals surface area contributed by atoms with Crippen LogP contribution in [0.5, 0.6) is 0 Å². The number of carbonyl (C=O) groups excluding carboxylic acids is 1. The van der Waals surface area contributed by atoms with Crippen molar-refractivity contribution >= 4 is 5.91 Å². The molecular weight excluding hydrogens is 300 g/mol. The van der Waals surface area contributed by atoms with Gasteiger partial charge >= 0.3 is 0 Å². The van der Waals surface area contributed by atoms with Crippen molar-refractivity contribution in [3.63, 3.8) is 0 Å². The molecule has 24 heavy (non-hydrogen) atoms. The van der Waals surface area contributed by atoms with E-state index in [1.807, 2.05) is 47.6 Å². The number of ether oxygens (including phenoxy) is 1. The molecule has 2 heterocycles. The highest BCUT2D eigenvalue weighted by atomic mass is 16.5. The molecular formula is C20H26N2O2. The summed E-state index contributed by atoms with van der Waals surface area (Å²) in [6.45, 7) is 6.65. The Kier molecular flexibility index (Phi) is 5.36. The highest BCUT2D eigenvalue weighted by Gasteiger charge is 2.26. The first-order valence-electron chi connectivity index (χ1n) is 8.78. The van der Waals surface area contributed by atoms with Crippen LogP contribution in [0.3, 0.4) is 0 Å². The molecule has 2 aromatic rings. The predicted octanol–water partition coefficient (Wildman–Crippen LogP) is 3.96. The third-order valence-electron chi connectivity index (χ3n) is 4.46. The Morgan fingerprint density at radius 2 is 1.92 bits per heavy atom. The van der Waals surface area contributed by atoms with E-state index in [1.165, 1.54) is 0 Å². The first-order chi connectivity index (χ1) is 11.6. The van der Waals surface area contributed by atoms with Gasteiger partial charge in [-0.05, 0) is 24.3 Å². The van der Waals surface area contributed by atoms with Crippen LogP contribution in [0.25, 0.3) is 11.1 Å². The maximum Gasteiger partial charge on any atom is 0.256 e. The van der Waals surface area contributed by atoms with Crippen LogP contribution in [0.15, 0.2) is 42.7 Å². The number of rotatable bonds is 5. The maximum atomic E-state index is 12.9. The fourth-order valence-corrected chi connectivity index (χ4v) is 3.12. The summed E-state index contributed by atoms with van der Waals surface area (Å²) < 4.78 is 5.91. The van der Waals surface area contributed by atoms with Gasteiger partial charge in [0.1, 0.15) is 0 Å². The summed E-state index contributed by atoms with van der Waals surface area (Å²) in [4.78, 5) is 17.9. The van der Waals surface area contributed by atoms with Crippen molar-refractivity contribution in [2.75, 3.05) is 19.7 Å². The summed E-state index contributed by atoms with van der Waals surface area (Å²) in [5.41, 5.74) is 2.79. The Morgan fingerprint density at radius 1 is 1.21 bits per heavy atom. The molecule has 0 bridgehead atoms. The summed E-state index contributed by atoms with van der Waals surface area (Å²) in [5.74, 6) is 0.662. The molecule has 1 amide bonds. The minimum Gasteiger partial charge on any atom is -0.378 e. The molecule has 0 spiro atoms. The van der Waals surface area contributed by atoms with Gasteiger partial charge in [0.25, 0.3) is 5.91 Å². The number of nitrogens with one attached hydrogen (secondary N) is 1. The topological polar surface area (TPSA) is 45.3 Å². The number of amides is 1. The average molecular weight is 326 g/mol. The second-order valence-corrected chi connectivity index (χ2v) is 6.87. The van der Waals surface area contributed by atoms with Gasteiger partial charge < -0.3 is 14.6 Å². The number of nitrogens with zero attached hydrogens (tertiary/aromatic N) is 1. The number of carbonyl (C=O) groups is 1. The van der Waals surface area contributed by atoms with E-state index >= 15 is 0 Å². The van der Waals surface area contributed by atoms with Crippen molar-refractivity contribution < 1.29 is 9.53 Å². The molecule has 1 aliphatic rings. The molecule has 128 valence electrons. The minimum absolute atomic E-state index is 0.109. The summed E-state index contributed by atoms with van der Waals surface area (Å²) in [7, 11) is 0. The van der Waals surface area contributed by atoms with Crippen LogP contribution < -0.4 is 0 Å². The van der Waals surface area contributed by atoms with Gasteiger partial charge in [-0.2, -0.15) is 0 Å². The van der Waals surface area contributed by atoms with E-state index in [0.717, 1.165) is 49.2 Å². The largest absolute Gasteiger partial charge is 0.378 e. The van der Waals surface area contributed by atoms with E-state index in [2.05, 4.69) is 18.8 Å². The molecule has 4 heteroatoms. The van der Waals surface area contributed by atoms with Crippen molar-refractivity contribution in [1.29, 1.82) is 0 Å². The zero-order chi connectivity index (χ0) is 16.9. The van der Waals surface area contributed by atoms with Crippen LogP contribution in [0.4, 0.5) is 0 Å². The maximum absolute atomic E-state index is 12.9. The Labute approximate surface area is 143 Å². The van der Waals surface area contributed by atoms with Crippen LogP contribution in [0.1, 0.15) is 37.0 Å². The third kappa shape index (κ3) is 3.88. The minimum atomic E-state index is 0.109. The Hall–Kier alpha value is -2.07. The van der Waals surface area contributed by atoms with E-state index < -0.39 is 0 Å². The molecule has 1 aliphatic heterocycles. The van der Waals surface area contributed by atoms with Gasteiger partial charge in [0, 0.05) is 37.7 Å². The molecule has 1 saturated heterocycles. The fraction of sp³-hybridized carbons (Fsp3) is 0.450. The molecule has 1 aromatic carbocycles. The molecule has 0 radical (unpaired) electrons. The number of benzene rings is 1. The lowest BCUT2D eigenvalue weighted by Gasteiger charge is -2.32. The molecule has 4 nitrogen and oxygen atoms in total. The van der Waals surface area contributed by atoms with Gasteiger partial charge in [-0.15, -0.1) is 0 Å². The lowest BCUT2D eigenvalue weighted by atomic mass is 10.0. The molecule has 0 atom stereocenters. The van der Waals surface area contributed by atoms with Crippen molar-refractivity contribution in [3.8, 4) is 11.1 Å². The van der Waals surface area contributed by atoms with E-state index in [4.69, 9.17) is 4.74 Å². The van der Waals surface area contributed by atoms with Gasteiger partial charge in [-0.1, -0.05) is 44.2 Å². The molecule has 0 unspecified atom stereocenters. The zero-order valence-electron chi connectivity index (χ0n) is 14.5. The van der Waals surface area contributed by atoms with E-state index in [0.29, 0.717) is 5.92 Å². The fourth-order valence-electron chi connectivity index (χ4n) is 3.12. The predicted molar refractivity (Wildman–Crippen MR) is 95.9 cm³/mol. The monoisotopic (exact) mass is 326 g/mol. The molecule has 1 fully saturated rings. The molecule has 1 N–H and O–H groups in total. The van der Waals surface area contributed by atoms with E-state index in [1.54, 1.807) is 0 Å². The van der Waals surface area contributed by atoms with Crippen molar-refractivity contribution in [1.82, 2.24) is 9.88 Å². The van der Waals surface area contributed by atoms with Gasteiger partial charge in [0.15, 0.2) is 0 Å². The van der Waals surface area contributed by atoms with Gasteiger partial charge in [0.05, 0.1) is 11.7 Å². The first kappa shape index (κ1) is 16.8. The number of hydrogen-bond acceptors (Lipinski definition) is 2. The van der Waals surface area contributed by atoms with Crippen LogP contribution >= 0.6 is 0 Å². The zero-order valence-corrected chi connectivity index (χ0v) is 14.5. The first-order valence-corrected chi connectivity index (χ1v) is 8.78. The highest BCUT2D eigenvalue weighted by molar-refractivity contribution is 6.00. The van der Waals surface area contributed by atoms with Crippen LogP contribution in [-0.2, 0) is 4.74 Å². The normalized spacial score (nSPS) is 15.9. The lowest BCUT2D eigenvalue weighted by molar-refractivity contribution is -0.00229. The number of hydrogen-bond donors (Lipinski definition) is 1. The number of piperidine rings is 1. The van der Waals surface area contributed by atoms with Gasteiger partial charge in [-0.25, -0.2) is 0 Å². The lowest BCUT2D eigenvalue weighted by Crippen LogP contribution is -2.41. The van der Waals surface area contributed by atoms with Crippen molar-refractivity contribution in [2.24, 2.45) is 5.92 Å². The number of aromatic nitrogens is 1. The standard InChI is InChI=1S/C20H26N2O2/c1-15(2)14-24-17-8-10-22(11-9-17)20(23)19-13-21-12-18(19)16-6-4-3-5-7-16/h3-7,12-13,15,17,21H,8-11,14H2,1-2H3. The second-order valence-electron chi connectivity index (χ2n) is 6.87. The van der Waals surface area contributed by atoms with Gasteiger partial charge in [-0.3, -0.25) is 4.79 Å². The Balaban J connectivity index is 1.64. The summed E-state index contributed by atoms with van der Waals surface area (Å²) in [6, 6.07) is 10.0. The Morgan fingerprint density at radius 3 is 2.58 bits per heavy atom. The number of likely N-dealkylation sites (tertiary alicyclic amines) is 1. The molecule has 0 saturated carbocycles. The molecule has 3 rings (SSSR count). The molecule has 1 aromatic heterocycles. The van der Waals surface area contributed by atoms with Gasteiger partial charge in [0.2, 0.25) is 0 Å². The highest BCUT2D eigenvalue weighted by Crippen LogP contribution is 2.26. The SMILES string of the molecule is CC(C)COC1CCN(C(=O)c2c[nH]cc2-c2ccccc2)CC1. The Bertz CT molecular complexity index is 655. The molecule has 0 aliphatic carbocycles. The van der Waals surface area contributed by atoms with E-state index in [9.17, 15) is 4.79 Å². The van der Waals surface area contributed by atoms with Crippen molar-refractivity contribution in [2.45, 2.75) is 32.8 Å². The number of aromatic amines is 1. The van der Waals surface area contributed by atoms with Crippen molar-refractivity contribution in [3.05, 3.63) is 48.3 Å².